The van der Waals surface area contributed by atoms with E-state index in [2.05, 4.69) is 22.0 Å². The van der Waals surface area contributed by atoms with Crippen molar-refractivity contribution in [1.82, 2.24) is 9.88 Å². The highest BCUT2D eigenvalue weighted by Crippen LogP contribution is 2.26. The molecule has 2 aromatic rings. The summed E-state index contributed by atoms with van der Waals surface area (Å²) in [4.78, 5) is 10.8. The first-order chi connectivity index (χ1) is 6.90. The van der Waals surface area contributed by atoms with Crippen molar-refractivity contribution in [2.75, 3.05) is 0 Å². The maximum atomic E-state index is 10.8. The van der Waals surface area contributed by atoms with Gasteiger partial charge in [-0.2, -0.15) is 0 Å². The van der Waals surface area contributed by atoms with Gasteiger partial charge in [-0.15, -0.1) is 0 Å². The van der Waals surface area contributed by atoms with E-state index < -0.39 is 0 Å². The minimum Gasteiger partial charge on any atom is -0.320 e. The zero-order valence-corrected chi connectivity index (χ0v) is 7.60. The number of nitrogens with zero attached hydrogens (tertiary/aromatic N) is 1. The van der Waals surface area contributed by atoms with E-state index in [1.54, 1.807) is 0 Å². The van der Waals surface area contributed by atoms with Crippen molar-refractivity contribution in [1.29, 1.82) is 0 Å². The van der Waals surface area contributed by atoms with Crippen LogP contribution in [0.1, 0.15) is 11.9 Å². The summed E-state index contributed by atoms with van der Waals surface area (Å²) in [7, 11) is 0. The van der Waals surface area contributed by atoms with Crippen LogP contribution in [-0.2, 0) is 11.3 Å². The van der Waals surface area contributed by atoms with Crippen molar-refractivity contribution in [3.63, 3.8) is 0 Å². The Morgan fingerprint density at radius 1 is 1.43 bits per heavy atom. The lowest BCUT2D eigenvalue weighted by atomic mass is 10.2. The quantitative estimate of drug-likeness (QED) is 0.684. The van der Waals surface area contributed by atoms with E-state index in [-0.39, 0.29) is 6.17 Å². The Balaban J connectivity index is 2.34. The second-order valence-corrected chi connectivity index (χ2v) is 3.53. The molecule has 70 valence electrons. The van der Waals surface area contributed by atoms with Gasteiger partial charge in [-0.25, -0.2) is 0 Å². The van der Waals surface area contributed by atoms with E-state index in [0.29, 0.717) is 0 Å². The molecule has 0 fully saturated rings. The second-order valence-electron chi connectivity index (χ2n) is 3.53. The van der Waals surface area contributed by atoms with E-state index in [1.165, 1.54) is 11.1 Å². The largest absolute Gasteiger partial charge is 0.320 e. The predicted molar refractivity (Wildman–Crippen MR) is 53.9 cm³/mol. The Morgan fingerprint density at radius 2 is 2.29 bits per heavy atom. The molecular weight excluding hydrogens is 176 g/mol. The molecule has 1 aromatic heterocycles. The standard InChI is InChI=1S/C11H10N2O/c14-7-11-12-6-9-5-8-3-1-2-4-10(8)13(9)11/h1-5,7,11-12H,6H2. The summed E-state index contributed by atoms with van der Waals surface area (Å²) in [6.45, 7) is 0.776. The van der Waals surface area contributed by atoms with Crippen molar-refractivity contribution < 1.29 is 4.79 Å². The topological polar surface area (TPSA) is 34.0 Å². The fraction of sp³-hybridized carbons (Fsp3) is 0.182. The number of nitrogens with one attached hydrogen (secondary N) is 1. The summed E-state index contributed by atoms with van der Waals surface area (Å²) in [6.07, 6.45) is 0.757. The van der Waals surface area contributed by atoms with Gasteiger partial charge in [0.05, 0.1) is 5.52 Å². The van der Waals surface area contributed by atoms with Crippen molar-refractivity contribution in [2.45, 2.75) is 12.7 Å². The van der Waals surface area contributed by atoms with Crippen LogP contribution in [0.3, 0.4) is 0 Å². The zero-order chi connectivity index (χ0) is 9.54. The molecular formula is C11H10N2O. The molecule has 2 heterocycles. The van der Waals surface area contributed by atoms with Gasteiger partial charge >= 0.3 is 0 Å². The highest BCUT2D eigenvalue weighted by molar-refractivity contribution is 5.83. The molecule has 0 bridgehead atoms. The number of aldehydes is 1. The van der Waals surface area contributed by atoms with E-state index in [9.17, 15) is 4.79 Å². The van der Waals surface area contributed by atoms with E-state index in [1.807, 2.05) is 18.2 Å². The lowest BCUT2D eigenvalue weighted by Gasteiger charge is -2.07. The SMILES string of the molecule is O=CC1NCc2cc3ccccc3n21. The molecule has 1 aliphatic rings. The van der Waals surface area contributed by atoms with E-state index in [0.717, 1.165) is 18.3 Å². The van der Waals surface area contributed by atoms with Crippen LogP contribution in [0.15, 0.2) is 30.3 Å². The normalized spacial score (nSPS) is 19.9. The van der Waals surface area contributed by atoms with Crippen LogP contribution in [0.4, 0.5) is 0 Å². The lowest BCUT2D eigenvalue weighted by Crippen LogP contribution is -2.17. The summed E-state index contributed by atoms with van der Waals surface area (Å²) in [5.41, 5.74) is 2.31. The Kier molecular flexibility index (Phi) is 1.49. The number of carbonyl (C=O) groups is 1. The van der Waals surface area contributed by atoms with Gasteiger partial charge in [-0.05, 0) is 17.5 Å². The van der Waals surface area contributed by atoms with E-state index >= 15 is 0 Å². The highest BCUT2D eigenvalue weighted by atomic mass is 16.1. The smallest absolute Gasteiger partial charge is 0.157 e. The van der Waals surface area contributed by atoms with Gasteiger partial charge in [0.25, 0.3) is 0 Å². The molecule has 0 spiro atoms. The second kappa shape index (κ2) is 2.69. The fourth-order valence-corrected chi connectivity index (χ4v) is 2.11. The number of benzene rings is 1. The minimum absolute atomic E-state index is 0.190. The van der Waals surface area contributed by atoms with Crippen molar-refractivity contribution in [2.24, 2.45) is 0 Å². The van der Waals surface area contributed by atoms with Crippen LogP contribution < -0.4 is 5.32 Å². The first kappa shape index (κ1) is 7.76. The van der Waals surface area contributed by atoms with Crippen LogP contribution in [-0.4, -0.2) is 10.9 Å². The monoisotopic (exact) mass is 186 g/mol. The van der Waals surface area contributed by atoms with Crippen molar-refractivity contribution >= 4 is 17.2 Å². The number of hydrogen-bond acceptors (Lipinski definition) is 2. The maximum Gasteiger partial charge on any atom is 0.157 e. The maximum absolute atomic E-state index is 10.8. The summed E-state index contributed by atoms with van der Waals surface area (Å²) < 4.78 is 2.06. The number of hydrogen-bond donors (Lipinski definition) is 1. The molecule has 1 aliphatic heterocycles. The molecule has 1 unspecified atom stereocenters. The minimum atomic E-state index is -0.190. The molecule has 1 atom stereocenters. The molecule has 3 nitrogen and oxygen atoms in total. The lowest BCUT2D eigenvalue weighted by molar-refractivity contribution is -0.110. The zero-order valence-electron chi connectivity index (χ0n) is 7.60. The summed E-state index contributed by atoms with van der Waals surface area (Å²) >= 11 is 0. The number of para-hydroxylation sites is 1. The molecule has 0 radical (unpaired) electrons. The average Bonchev–Trinajstić information content (AvgIpc) is 2.75. The Morgan fingerprint density at radius 3 is 3.14 bits per heavy atom. The molecule has 0 amide bonds. The predicted octanol–water partition coefficient (Wildman–Crippen LogP) is 1.44. The van der Waals surface area contributed by atoms with Crippen LogP contribution in [0, 0.1) is 0 Å². The van der Waals surface area contributed by atoms with Gasteiger partial charge < -0.3 is 4.57 Å². The van der Waals surface area contributed by atoms with Crippen LogP contribution >= 0.6 is 0 Å². The summed E-state index contributed by atoms with van der Waals surface area (Å²) in [5.74, 6) is 0. The van der Waals surface area contributed by atoms with Crippen LogP contribution in [0.2, 0.25) is 0 Å². The van der Waals surface area contributed by atoms with Crippen LogP contribution in [0.5, 0.6) is 0 Å². The average molecular weight is 186 g/mol. The molecule has 0 saturated carbocycles. The summed E-state index contributed by atoms with van der Waals surface area (Å²) in [5, 5.41) is 4.34. The third-order valence-electron chi connectivity index (χ3n) is 2.73. The molecule has 14 heavy (non-hydrogen) atoms. The molecule has 0 aliphatic carbocycles. The third-order valence-corrected chi connectivity index (χ3v) is 2.73. The van der Waals surface area contributed by atoms with Gasteiger partial charge in [0.2, 0.25) is 0 Å². The third kappa shape index (κ3) is 0.873. The van der Waals surface area contributed by atoms with Gasteiger partial charge in [0.15, 0.2) is 6.29 Å². The number of carbonyl (C=O) groups excluding carboxylic acids is 1. The summed E-state index contributed by atoms with van der Waals surface area (Å²) in [6, 6.07) is 10.3. The first-order valence-electron chi connectivity index (χ1n) is 4.67. The molecule has 1 N–H and O–H groups in total. The fourth-order valence-electron chi connectivity index (χ4n) is 2.11. The van der Waals surface area contributed by atoms with Crippen molar-refractivity contribution in [3.05, 3.63) is 36.0 Å². The molecule has 3 heteroatoms. The number of fused-ring (bicyclic) bond motifs is 3. The van der Waals surface area contributed by atoms with Gasteiger partial charge in [-0.3, -0.25) is 10.1 Å². The highest BCUT2D eigenvalue weighted by Gasteiger charge is 2.22. The Bertz CT molecular complexity index is 501. The van der Waals surface area contributed by atoms with Gasteiger partial charge in [0, 0.05) is 12.2 Å². The molecule has 0 saturated heterocycles. The van der Waals surface area contributed by atoms with Gasteiger partial charge in [0.1, 0.15) is 6.17 Å². The Labute approximate surface area is 81.3 Å². The van der Waals surface area contributed by atoms with E-state index in [4.69, 9.17) is 0 Å². The van der Waals surface area contributed by atoms with Crippen molar-refractivity contribution in [3.8, 4) is 0 Å². The van der Waals surface area contributed by atoms with Gasteiger partial charge in [-0.1, -0.05) is 18.2 Å². The molecule has 1 aromatic carbocycles. The first-order valence-corrected chi connectivity index (χ1v) is 4.67. The number of aromatic nitrogens is 1. The number of rotatable bonds is 1. The van der Waals surface area contributed by atoms with Crippen LogP contribution in [0.25, 0.3) is 10.9 Å². The Hall–Kier alpha value is -1.61. The molecule has 3 rings (SSSR count).